The van der Waals surface area contributed by atoms with Crippen LogP contribution in [0.15, 0.2) is 36.5 Å². The van der Waals surface area contributed by atoms with Crippen molar-refractivity contribution in [1.82, 2.24) is 15.0 Å². The van der Waals surface area contributed by atoms with Crippen molar-refractivity contribution in [2.24, 2.45) is 0 Å². The van der Waals surface area contributed by atoms with Crippen molar-refractivity contribution in [3.8, 4) is 11.4 Å². The second kappa shape index (κ2) is 4.44. The minimum Gasteiger partial charge on any atom is -0.337 e. The lowest BCUT2D eigenvalue weighted by atomic mass is 9.83. The number of fused-ring (bicyclic) bond motifs is 1. The van der Waals surface area contributed by atoms with E-state index in [1.165, 1.54) is 5.56 Å². The Morgan fingerprint density at radius 2 is 1.85 bits per heavy atom. The molecular weight excluding hydrogens is 246 g/mol. The van der Waals surface area contributed by atoms with Crippen molar-refractivity contribution in [2.75, 3.05) is 0 Å². The van der Waals surface area contributed by atoms with Crippen LogP contribution >= 0.6 is 0 Å². The van der Waals surface area contributed by atoms with Crippen LogP contribution in [-0.4, -0.2) is 15.0 Å². The van der Waals surface area contributed by atoms with Crippen molar-refractivity contribution in [3.63, 3.8) is 0 Å². The van der Waals surface area contributed by atoms with E-state index >= 15 is 0 Å². The number of imidazole rings is 1. The number of pyridine rings is 1. The fourth-order valence-electron chi connectivity index (χ4n) is 2.48. The van der Waals surface area contributed by atoms with Gasteiger partial charge in [0, 0.05) is 11.8 Å². The van der Waals surface area contributed by atoms with E-state index in [1.54, 1.807) is 0 Å². The fraction of sp³-hybridized carbons (Fsp3) is 0.294. The third-order valence-corrected chi connectivity index (χ3v) is 3.46. The predicted octanol–water partition coefficient (Wildman–Crippen LogP) is 4.23. The van der Waals surface area contributed by atoms with Crippen LogP contribution in [0.2, 0.25) is 0 Å². The molecule has 0 aliphatic heterocycles. The molecule has 20 heavy (non-hydrogen) atoms. The summed E-state index contributed by atoms with van der Waals surface area (Å²) in [5.74, 6) is 0.892. The van der Waals surface area contributed by atoms with E-state index in [0.717, 1.165) is 28.1 Å². The number of benzene rings is 1. The van der Waals surface area contributed by atoms with Gasteiger partial charge >= 0.3 is 0 Å². The molecule has 102 valence electrons. The van der Waals surface area contributed by atoms with Gasteiger partial charge in [-0.15, -0.1) is 0 Å². The first-order valence-corrected chi connectivity index (χ1v) is 6.87. The predicted molar refractivity (Wildman–Crippen MR) is 82.8 cm³/mol. The Labute approximate surface area is 119 Å². The SMILES string of the molecule is Cc1cnc2nc(-c3ccccc3C(C)(C)C)[nH]c2c1. The maximum atomic E-state index is 4.63. The molecule has 3 rings (SSSR count). The number of aryl methyl sites for hydroxylation is 1. The smallest absolute Gasteiger partial charge is 0.178 e. The van der Waals surface area contributed by atoms with Crippen molar-refractivity contribution < 1.29 is 0 Å². The van der Waals surface area contributed by atoms with Gasteiger partial charge in [0.1, 0.15) is 5.82 Å². The first-order valence-electron chi connectivity index (χ1n) is 6.87. The molecule has 0 unspecified atom stereocenters. The van der Waals surface area contributed by atoms with Gasteiger partial charge in [-0.3, -0.25) is 0 Å². The molecule has 0 saturated heterocycles. The molecule has 3 heteroatoms. The van der Waals surface area contributed by atoms with E-state index in [-0.39, 0.29) is 5.41 Å². The van der Waals surface area contributed by atoms with E-state index in [0.29, 0.717) is 0 Å². The first-order chi connectivity index (χ1) is 9.45. The Kier molecular flexibility index (Phi) is 2.85. The van der Waals surface area contributed by atoms with Gasteiger partial charge < -0.3 is 4.98 Å². The molecule has 0 bridgehead atoms. The van der Waals surface area contributed by atoms with Gasteiger partial charge in [-0.1, -0.05) is 45.0 Å². The summed E-state index contributed by atoms with van der Waals surface area (Å²) in [7, 11) is 0. The van der Waals surface area contributed by atoms with Crippen LogP contribution in [0.3, 0.4) is 0 Å². The number of aromatic amines is 1. The monoisotopic (exact) mass is 265 g/mol. The van der Waals surface area contributed by atoms with Crippen molar-refractivity contribution in [3.05, 3.63) is 47.7 Å². The Hall–Kier alpha value is -2.16. The molecule has 1 aromatic carbocycles. The van der Waals surface area contributed by atoms with E-state index in [9.17, 15) is 0 Å². The summed E-state index contributed by atoms with van der Waals surface area (Å²) in [6.45, 7) is 8.70. The van der Waals surface area contributed by atoms with Crippen LogP contribution in [0.5, 0.6) is 0 Å². The number of hydrogen-bond donors (Lipinski definition) is 1. The van der Waals surface area contributed by atoms with E-state index < -0.39 is 0 Å². The molecule has 0 aliphatic carbocycles. The Bertz CT molecular complexity index is 763. The van der Waals surface area contributed by atoms with Gasteiger partial charge in [-0.05, 0) is 29.5 Å². The van der Waals surface area contributed by atoms with Crippen LogP contribution in [0.1, 0.15) is 31.9 Å². The molecule has 0 saturated carbocycles. The van der Waals surface area contributed by atoms with Crippen molar-refractivity contribution in [2.45, 2.75) is 33.1 Å². The fourth-order valence-corrected chi connectivity index (χ4v) is 2.48. The zero-order chi connectivity index (χ0) is 14.3. The minimum absolute atomic E-state index is 0.0823. The number of nitrogens with zero attached hydrogens (tertiary/aromatic N) is 2. The topological polar surface area (TPSA) is 41.6 Å². The molecular formula is C17H19N3. The maximum Gasteiger partial charge on any atom is 0.178 e. The number of aromatic nitrogens is 3. The summed E-state index contributed by atoms with van der Waals surface area (Å²) in [4.78, 5) is 12.4. The third-order valence-electron chi connectivity index (χ3n) is 3.46. The minimum atomic E-state index is 0.0823. The zero-order valence-electron chi connectivity index (χ0n) is 12.4. The highest BCUT2D eigenvalue weighted by molar-refractivity contribution is 5.77. The molecule has 3 aromatic rings. The summed E-state index contributed by atoms with van der Waals surface area (Å²) >= 11 is 0. The lowest BCUT2D eigenvalue weighted by Crippen LogP contribution is -2.12. The molecule has 0 aliphatic rings. The average Bonchev–Trinajstić information content (AvgIpc) is 2.80. The summed E-state index contributed by atoms with van der Waals surface area (Å²) in [6.07, 6.45) is 1.85. The molecule has 2 aromatic heterocycles. The van der Waals surface area contributed by atoms with Gasteiger partial charge in [0.05, 0.1) is 5.52 Å². The van der Waals surface area contributed by atoms with Crippen LogP contribution in [0, 0.1) is 6.92 Å². The molecule has 0 spiro atoms. The Morgan fingerprint density at radius 3 is 2.60 bits per heavy atom. The van der Waals surface area contributed by atoms with Crippen molar-refractivity contribution in [1.29, 1.82) is 0 Å². The molecule has 1 N–H and O–H groups in total. The molecule has 0 amide bonds. The van der Waals surface area contributed by atoms with Crippen LogP contribution in [0.4, 0.5) is 0 Å². The Morgan fingerprint density at radius 1 is 1.10 bits per heavy atom. The van der Waals surface area contributed by atoms with Crippen LogP contribution in [0.25, 0.3) is 22.6 Å². The second-order valence-corrected chi connectivity index (χ2v) is 6.26. The normalized spacial score (nSPS) is 12.0. The number of nitrogens with one attached hydrogen (secondary N) is 1. The second-order valence-electron chi connectivity index (χ2n) is 6.26. The highest BCUT2D eigenvalue weighted by atomic mass is 15.0. The zero-order valence-corrected chi connectivity index (χ0v) is 12.4. The number of rotatable bonds is 1. The highest BCUT2D eigenvalue weighted by Gasteiger charge is 2.20. The molecule has 0 fully saturated rings. The summed E-state index contributed by atoms with van der Waals surface area (Å²) in [5.41, 5.74) is 5.42. The van der Waals surface area contributed by atoms with Crippen LogP contribution in [-0.2, 0) is 5.41 Å². The van der Waals surface area contributed by atoms with E-state index in [1.807, 2.05) is 13.1 Å². The number of H-pyrrole nitrogens is 1. The summed E-state index contributed by atoms with van der Waals surface area (Å²) in [6, 6.07) is 10.5. The standard InChI is InChI=1S/C17H19N3/c1-11-9-14-16(18-10-11)20-15(19-14)12-7-5-6-8-13(12)17(2,3)4/h5-10H,1-4H3,(H,18,19,20). The highest BCUT2D eigenvalue weighted by Crippen LogP contribution is 2.32. The molecule has 2 heterocycles. The van der Waals surface area contributed by atoms with Crippen molar-refractivity contribution >= 4 is 11.2 Å². The molecule has 0 atom stereocenters. The van der Waals surface area contributed by atoms with Gasteiger partial charge in [0.15, 0.2) is 5.65 Å². The lowest BCUT2D eigenvalue weighted by molar-refractivity contribution is 0.591. The largest absolute Gasteiger partial charge is 0.337 e. The Balaban J connectivity index is 2.21. The lowest BCUT2D eigenvalue weighted by Gasteiger charge is -2.21. The van der Waals surface area contributed by atoms with Crippen LogP contribution < -0.4 is 0 Å². The molecule has 0 radical (unpaired) electrons. The average molecular weight is 265 g/mol. The third kappa shape index (κ3) is 2.20. The quantitative estimate of drug-likeness (QED) is 0.715. The first kappa shape index (κ1) is 12.9. The van der Waals surface area contributed by atoms with E-state index in [4.69, 9.17) is 0 Å². The number of hydrogen-bond acceptors (Lipinski definition) is 2. The summed E-state index contributed by atoms with van der Waals surface area (Å²) < 4.78 is 0. The van der Waals surface area contributed by atoms with Gasteiger partial charge in [-0.2, -0.15) is 0 Å². The van der Waals surface area contributed by atoms with Gasteiger partial charge in [0.2, 0.25) is 0 Å². The maximum absolute atomic E-state index is 4.63. The van der Waals surface area contributed by atoms with Gasteiger partial charge in [0.25, 0.3) is 0 Å². The van der Waals surface area contributed by atoms with E-state index in [2.05, 4.69) is 66.1 Å². The van der Waals surface area contributed by atoms with Gasteiger partial charge in [-0.25, -0.2) is 9.97 Å². The summed E-state index contributed by atoms with van der Waals surface area (Å²) in [5, 5.41) is 0. The molecule has 3 nitrogen and oxygen atoms in total.